The maximum absolute atomic E-state index is 6.20. The van der Waals surface area contributed by atoms with Gasteiger partial charge in [-0.25, -0.2) is 0 Å². The van der Waals surface area contributed by atoms with Crippen LogP contribution in [-0.4, -0.2) is 7.11 Å². The van der Waals surface area contributed by atoms with E-state index in [-0.39, 0.29) is 18.4 Å². The van der Waals surface area contributed by atoms with Crippen LogP contribution in [0.4, 0.5) is 0 Å². The highest BCUT2D eigenvalue weighted by Crippen LogP contribution is 2.27. The van der Waals surface area contributed by atoms with E-state index in [0.717, 1.165) is 16.9 Å². The fraction of sp³-hybridized carbons (Fsp3) is 0.143. The maximum Gasteiger partial charge on any atom is 0.119 e. The fourth-order valence-corrected chi connectivity index (χ4v) is 2.00. The van der Waals surface area contributed by atoms with Gasteiger partial charge in [-0.05, 0) is 29.3 Å². The lowest BCUT2D eigenvalue weighted by molar-refractivity contribution is 0.414. The van der Waals surface area contributed by atoms with Crippen LogP contribution in [-0.2, 0) is 0 Å². The molecule has 0 spiro atoms. The third-order valence-electron chi connectivity index (χ3n) is 2.69. The Kier molecular flexibility index (Phi) is 5.48. The molecule has 1 unspecified atom stereocenters. The first kappa shape index (κ1) is 14.8. The van der Waals surface area contributed by atoms with Gasteiger partial charge >= 0.3 is 0 Å². The van der Waals surface area contributed by atoms with E-state index in [1.54, 1.807) is 7.11 Å². The number of halogens is 2. The molecule has 0 radical (unpaired) electrons. The van der Waals surface area contributed by atoms with Crippen LogP contribution in [0.3, 0.4) is 0 Å². The number of benzene rings is 2. The van der Waals surface area contributed by atoms with E-state index in [1.165, 1.54) is 0 Å². The molecule has 2 rings (SSSR count). The van der Waals surface area contributed by atoms with Gasteiger partial charge < -0.3 is 10.5 Å². The quantitative estimate of drug-likeness (QED) is 0.930. The third kappa shape index (κ3) is 3.16. The minimum atomic E-state index is -0.237. The summed E-state index contributed by atoms with van der Waals surface area (Å²) in [6.45, 7) is 0. The molecule has 0 fully saturated rings. The number of hydrogen-bond acceptors (Lipinski definition) is 2. The summed E-state index contributed by atoms with van der Waals surface area (Å²) in [4.78, 5) is 0. The Bertz CT molecular complexity index is 517. The van der Waals surface area contributed by atoms with Gasteiger partial charge in [0.15, 0.2) is 0 Å². The highest BCUT2D eigenvalue weighted by Gasteiger charge is 2.12. The van der Waals surface area contributed by atoms with Crippen LogP contribution < -0.4 is 10.5 Å². The Hall–Kier alpha value is -1.22. The molecule has 0 bridgehead atoms. The zero-order valence-corrected chi connectivity index (χ0v) is 11.5. The van der Waals surface area contributed by atoms with E-state index >= 15 is 0 Å². The smallest absolute Gasteiger partial charge is 0.119 e. The number of rotatable bonds is 3. The molecule has 1 atom stereocenters. The second-order valence-electron chi connectivity index (χ2n) is 3.78. The zero-order valence-electron chi connectivity index (χ0n) is 9.97. The van der Waals surface area contributed by atoms with Gasteiger partial charge in [0.05, 0.1) is 13.2 Å². The summed E-state index contributed by atoms with van der Waals surface area (Å²) in [5, 5.41) is 0.683. The Balaban J connectivity index is 0.00000162. The summed E-state index contributed by atoms with van der Waals surface area (Å²) in [5.74, 6) is 0.796. The van der Waals surface area contributed by atoms with E-state index in [0.29, 0.717) is 5.02 Å². The van der Waals surface area contributed by atoms with Gasteiger partial charge in [-0.15, -0.1) is 12.4 Å². The predicted octanol–water partition coefficient (Wildman–Crippen LogP) is 3.82. The molecule has 0 amide bonds. The lowest BCUT2D eigenvalue weighted by Gasteiger charge is -2.14. The lowest BCUT2D eigenvalue weighted by atomic mass is 9.99. The molecule has 96 valence electrons. The van der Waals surface area contributed by atoms with Crippen molar-refractivity contribution in [3.8, 4) is 5.75 Å². The molecule has 2 nitrogen and oxygen atoms in total. The number of hydrogen-bond donors (Lipinski definition) is 1. The van der Waals surface area contributed by atoms with Gasteiger partial charge in [-0.2, -0.15) is 0 Å². The molecule has 4 heteroatoms. The Labute approximate surface area is 118 Å². The van der Waals surface area contributed by atoms with Crippen molar-refractivity contribution in [2.24, 2.45) is 5.73 Å². The topological polar surface area (TPSA) is 35.2 Å². The van der Waals surface area contributed by atoms with Crippen molar-refractivity contribution in [3.05, 3.63) is 64.7 Å². The summed E-state index contributed by atoms with van der Waals surface area (Å²) >= 11 is 6.13. The van der Waals surface area contributed by atoms with Crippen LogP contribution in [0.25, 0.3) is 0 Å². The molecule has 0 heterocycles. The van der Waals surface area contributed by atoms with E-state index in [1.807, 2.05) is 48.5 Å². The van der Waals surface area contributed by atoms with Crippen molar-refractivity contribution in [2.75, 3.05) is 7.11 Å². The van der Waals surface area contributed by atoms with Gasteiger partial charge in [0, 0.05) is 5.02 Å². The van der Waals surface area contributed by atoms with Crippen molar-refractivity contribution >= 4 is 24.0 Å². The van der Waals surface area contributed by atoms with E-state index < -0.39 is 0 Å². The summed E-state index contributed by atoms with van der Waals surface area (Å²) in [5.41, 5.74) is 8.10. The predicted molar refractivity (Wildman–Crippen MR) is 77.7 cm³/mol. The number of methoxy groups -OCH3 is 1. The highest BCUT2D eigenvalue weighted by atomic mass is 35.5. The molecule has 0 aliphatic rings. The lowest BCUT2D eigenvalue weighted by Crippen LogP contribution is -2.12. The fourth-order valence-electron chi connectivity index (χ4n) is 1.74. The second-order valence-corrected chi connectivity index (χ2v) is 4.18. The summed E-state index contributed by atoms with van der Waals surface area (Å²) in [6.07, 6.45) is 0. The molecule has 0 saturated heterocycles. The van der Waals surface area contributed by atoms with Gasteiger partial charge in [0.1, 0.15) is 5.75 Å². The summed E-state index contributed by atoms with van der Waals surface area (Å²) in [6, 6.07) is 15.1. The summed E-state index contributed by atoms with van der Waals surface area (Å²) in [7, 11) is 1.64. The Morgan fingerprint density at radius 1 is 1.11 bits per heavy atom. The number of nitrogens with two attached hydrogens (primary N) is 1. The van der Waals surface area contributed by atoms with Crippen LogP contribution in [0.5, 0.6) is 5.75 Å². The van der Waals surface area contributed by atoms with E-state index in [9.17, 15) is 0 Å². The van der Waals surface area contributed by atoms with Crippen molar-refractivity contribution in [3.63, 3.8) is 0 Å². The SMILES string of the molecule is COc1cccc(C(N)c2ccccc2Cl)c1.Cl. The minimum Gasteiger partial charge on any atom is -0.497 e. The van der Waals surface area contributed by atoms with Gasteiger partial charge in [0.25, 0.3) is 0 Å². The Morgan fingerprint density at radius 2 is 1.83 bits per heavy atom. The average molecular weight is 284 g/mol. The van der Waals surface area contributed by atoms with Crippen molar-refractivity contribution in [2.45, 2.75) is 6.04 Å². The van der Waals surface area contributed by atoms with Crippen LogP contribution in [0.1, 0.15) is 17.2 Å². The minimum absolute atomic E-state index is 0. The average Bonchev–Trinajstić information content (AvgIpc) is 2.38. The van der Waals surface area contributed by atoms with Gasteiger partial charge in [0.2, 0.25) is 0 Å². The van der Waals surface area contributed by atoms with E-state index in [4.69, 9.17) is 22.1 Å². The van der Waals surface area contributed by atoms with Crippen LogP contribution in [0.15, 0.2) is 48.5 Å². The normalized spacial score (nSPS) is 11.5. The molecular weight excluding hydrogens is 269 g/mol. The molecule has 2 aromatic rings. The maximum atomic E-state index is 6.20. The van der Waals surface area contributed by atoms with Crippen LogP contribution in [0, 0.1) is 0 Å². The van der Waals surface area contributed by atoms with Crippen molar-refractivity contribution < 1.29 is 4.74 Å². The molecule has 18 heavy (non-hydrogen) atoms. The molecule has 0 aliphatic carbocycles. The third-order valence-corrected chi connectivity index (χ3v) is 3.04. The molecular formula is C14H15Cl2NO. The van der Waals surface area contributed by atoms with Gasteiger partial charge in [-0.3, -0.25) is 0 Å². The second kappa shape index (κ2) is 6.64. The molecule has 0 saturated carbocycles. The van der Waals surface area contributed by atoms with Crippen LogP contribution >= 0.6 is 24.0 Å². The largest absolute Gasteiger partial charge is 0.497 e. The zero-order chi connectivity index (χ0) is 12.3. The highest BCUT2D eigenvalue weighted by molar-refractivity contribution is 6.31. The standard InChI is InChI=1S/C14H14ClNO.ClH/c1-17-11-6-4-5-10(9-11)14(16)12-7-2-3-8-13(12)15;/h2-9,14H,16H2,1H3;1H. The molecule has 0 aromatic heterocycles. The van der Waals surface area contributed by atoms with Crippen molar-refractivity contribution in [1.82, 2.24) is 0 Å². The first-order valence-electron chi connectivity index (χ1n) is 5.36. The molecule has 2 aromatic carbocycles. The monoisotopic (exact) mass is 283 g/mol. The number of ether oxygens (including phenoxy) is 1. The van der Waals surface area contributed by atoms with Crippen LogP contribution in [0.2, 0.25) is 5.02 Å². The van der Waals surface area contributed by atoms with E-state index in [2.05, 4.69) is 0 Å². The van der Waals surface area contributed by atoms with Gasteiger partial charge in [-0.1, -0.05) is 41.9 Å². The van der Waals surface area contributed by atoms with Crippen molar-refractivity contribution in [1.29, 1.82) is 0 Å². The Morgan fingerprint density at radius 3 is 2.50 bits per heavy atom. The first-order chi connectivity index (χ1) is 8.22. The molecule has 2 N–H and O–H groups in total. The summed E-state index contributed by atoms with van der Waals surface area (Å²) < 4.78 is 5.18. The molecule has 0 aliphatic heterocycles. The first-order valence-corrected chi connectivity index (χ1v) is 5.74.